The lowest BCUT2D eigenvalue weighted by Gasteiger charge is -2.05. The van der Waals surface area contributed by atoms with E-state index in [1.54, 1.807) is 37.6 Å². The van der Waals surface area contributed by atoms with Gasteiger partial charge in [-0.25, -0.2) is 0 Å². The summed E-state index contributed by atoms with van der Waals surface area (Å²) in [6.45, 7) is 0.387. The van der Waals surface area contributed by atoms with E-state index in [-0.39, 0.29) is 18.2 Å². The first-order chi connectivity index (χ1) is 13.2. The number of hydrogen-bond acceptors (Lipinski definition) is 6. The zero-order chi connectivity index (χ0) is 19.1. The summed E-state index contributed by atoms with van der Waals surface area (Å²) in [5.74, 6) is 0.593. The van der Waals surface area contributed by atoms with Crippen LogP contribution in [0, 0.1) is 0 Å². The number of aryl methyl sites for hydroxylation is 1. The Kier molecular flexibility index (Phi) is 5.88. The van der Waals surface area contributed by atoms with E-state index in [2.05, 4.69) is 25.8 Å². The van der Waals surface area contributed by atoms with Crippen LogP contribution in [0.1, 0.15) is 28.2 Å². The average molecular weight is 365 g/mol. The molecule has 2 N–H and O–H groups in total. The Labute approximate surface area is 156 Å². The van der Waals surface area contributed by atoms with E-state index in [4.69, 9.17) is 4.52 Å². The monoisotopic (exact) mass is 365 g/mol. The van der Waals surface area contributed by atoms with Gasteiger partial charge < -0.3 is 15.2 Å². The summed E-state index contributed by atoms with van der Waals surface area (Å²) in [6.07, 6.45) is 3.91. The molecule has 3 aromatic rings. The molecule has 2 amide bonds. The molecule has 0 fully saturated rings. The van der Waals surface area contributed by atoms with Crippen LogP contribution < -0.4 is 10.6 Å². The summed E-state index contributed by atoms with van der Waals surface area (Å²) in [5.41, 5.74) is 2.25. The van der Waals surface area contributed by atoms with Crippen molar-refractivity contribution >= 4 is 11.8 Å². The van der Waals surface area contributed by atoms with Crippen LogP contribution in [-0.4, -0.2) is 34.0 Å². The second-order valence-electron chi connectivity index (χ2n) is 5.81. The molecule has 27 heavy (non-hydrogen) atoms. The zero-order valence-corrected chi connectivity index (χ0v) is 14.8. The van der Waals surface area contributed by atoms with Gasteiger partial charge in [-0.05, 0) is 29.8 Å². The maximum absolute atomic E-state index is 12.0. The predicted molar refractivity (Wildman–Crippen MR) is 97.5 cm³/mol. The largest absolute Gasteiger partial charge is 0.355 e. The lowest BCUT2D eigenvalue weighted by molar-refractivity contribution is -0.121. The van der Waals surface area contributed by atoms with E-state index in [9.17, 15) is 9.59 Å². The van der Waals surface area contributed by atoms with Crippen molar-refractivity contribution in [2.24, 2.45) is 0 Å². The molecule has 0 aliphatic rings. The average Bonchev–Trinajstić information content (AvgIpc) is 3.20. The van der Waals surface area contributed by atoms with E-state index in [0.717, 1.165) is 11.1 Å². The standard InChI is InChI=1S/C19H19N5O3/c1-20-19(26)14-6-4-13(5-7-14)11-22-16(25)8-9-17-23-18(24-27-17)15-3-2-10-21-12-15/h2-7,10,12H,8-9,11H2,1H3,(H,20,26)(H,22,25). The van der Waals surface area contributed by atoms with Gasteiger partial charge in [0.25, 0.3) is 5.91 Å². The molecule has 1 aromatic carbocycles. The van der Waals surface area contributed by atoms with Gasteiger partial charge in [0.2, 0.25) is 17.6 Å². The van der Waals surface area contributed by atoms with Crippen LogP contribution in [0.5, 0.6) is 0 Å². The minimum Gasteiger partial charge on any atom is -0.355 e. The number of pyridine rings is 1. The van der Waals surface area contributed by atoms with Crippen molar-refractivity contribution in [2.45, 2.75) is 19.4 Å². The molecule has 0 bridgehead atoms. The molecule has 0 unspecified atom stereocenters. The van der Waals surface area contributed by atoms with E-state index in [1.165, 1.54) is 0 Å². The van der Waals surface area contributed by atoms with Gasteiger partial charge in [0.05, 0.1) is 0 Å². The Morgan fingerprint density at radius 1 is 1.15 bits per heavy atom. The number of rotatable bonds is 7. The van der Waals surface area contributed by atoms with E-state index in [0.29, 0.717) is 30.2 Å². The quantitative estimate of drug-likeness (QED) is 0.660. The Hall–Kier alpha value is -3.55. The maximum atomic E-state index is 12.0. The lowest BCUT2D eigenvalue weighted by atomic mass is 10.1. The number of amides is 2. The highest BCUT2D eigenvalue weighted by Gasteiger charge is 2.11. The van der Waals surface area contributed by atoms with Crippen molar-refractivity contribution in [3.63, 3.8) is 0 Å². The normalized spacial score (nSPS) is 10.4. The van der Waals surface area contributed by atoms with Gasteiger partial charge in [-0.3, -0.25) is 14.6 Å². The molecule has 2 heterocycles. The van der Waals surface area contributed by atoms with Crippen molar-refractivity contribution in [1.82, 2.24) is 25.8 Å². The van der Waals surface area contributed by atoms with Crippen LogP contribution in [0.25, 0.3) is 11.4 Å². The highest BCUT2D eigenvalue weighted by Crippen LogP contribution is 2.14. The number of nitrogens with zero attached hydrogens (tertiary/aromatic N) is 3. The van der Waals surface area contributed by atoms with E-state index < -0.39 is 0 Å². The number of benzene rings is 1. The minimum atomic E-state index is -0.143. The highest BCUT2D eigenvalue weighted by molar-refractivity contribution is 5.93. The first-order valence-electron chi connectivity index (χ1n) is 8.46. The Bertz CT molecular complexity index is 907. The smallest absolute Gasteiger partial charge is 0.251 e. The fourth-order valence-corrected chi connectivity index (χ4v) is 2.40. The first-order valence-corrected chi connectivity index (χ1v) is 8.46. The zero-order valence-electron chi connectivity index (χ0n) is 14.8. The molecular weight excluding hydrogens is 346 g/mol. The molecule has 0 aliphatic heterocycles. The second-order valence-corrected chi connectivity index (χ2v) is 5.81. The number of carbonyl (C=O) groups is 2. The van der Waals surface area contributed by atoms with Gasteiger partial charge in [0, 0.05) is 50.0 Å². The minimum absolute atomic E-state index is 0.119. The number of carbonyl (C=O) groups excluding carboxylic acids is 2. The molecule has 3 rings (SSSR count). The summed E-state index contributed by atoms with van der Waals surface area (Å²) >= 11 is 0. The predicted octanol–water partition coefficient (Wildman–Crippen LogP) is 1.74. The number of aromatic nitrogens is 3. The van der Waals surface area contributed by atoms with E-state index >= 15 is 0 Å². The van der Waals surface area contributed by atoms with Gasteiger partial charge in [0.1, 0.15) is 0 Å². The molecular formula is C19H19N5O3. The van der Waals surface area contributed by atoms with Crippen LogP contribution >= 0.6 is 0 Å². The van der Waals surface area contributed by atoms with Crippen molar-refractivity contribution in [3.8, 4) is 11.4 Å². The summed E-state index contributed by atoms with van der Waals surface area (Å²) < 4.78 is 5.17. The summed E-state index contributed by atoms with van der Waals surface area (Å²) in [5, 5.41) is 9.29. The highest BCUT2D eigenvalue weighted by atomic mass is 16.5. The van der Waals surface area contributed by atoms with Gasteiger partial charge in [-0.1, -0.05) is 17.3 Å². The molecule has 0 aliphatic carbocycles. The van der Waals surface area contributed by atoms with Gasteiger partial charge in [-0.15, -0.1) is 0 Å². The van der Waals surface area contributed by atoms with Crippen LogP contribution in [0.2, 0.25) is 0 Å². The third-order valence-electron chi connectivity index (χ3n) is 3.89. The first kappa shape index (κ1) is 18.2. The summed E-state index contributed by atoms with van der Waals surface area (Å²) in [4.78, 5) is 31.8. The molecule has 2 aromatic heterocycles. The second kappa shape index (κ2) is 8.70. The molecule has 0 radical (unpaired) electrons. The SMILES string of the molecule is CNC(=O)c1ccc(CNC(=O)CCc2nc(-c3cccnc3)no2)cc1. The van der Waals surface area contributed by atoms with Crippen molar-refractivity contribution in [1.29, 1.82) is 0 Å². The van der Waals surface area contributed by atoms with Crippen LogP contribution in [0.3, 0.4) is 0 Å². The molecule has 8 nitrogen and oxygen atoms in total. The molecule has 0 saturated carbocycles. The van der Waals surface area contributed by atoms with Gasteiger partial charge in [-0.2, -0.15) is 4.98 Å². The summed E-state index contributed by atoms with van der Waals surface area (Å²) in [6, 6.07) is 10.7. The van der Waals surface area contributed by atoms with Crippen LogP contribution in [0.4, 0.5) is 0 Å². The maximum Gasteiger partial charge on any atom is 0.251 e. The third-order valence-corrected chi connectivity index (χ3v) is 3.89. The molecule has 138 valence electrons. The fraction of sp³-hybridized carbons (Fsp3) is 0.211. The van der Waals surface area contributed by atoms with Crippen LogP contribution in [0.15, 0.2) is 53.3 Å². The Morgan fingerprint density at radius 3 is 2.67 bits per heavy atom. The summed E-state index contributed by atoms with van der Waals surface area (Å²) in [7, 11) is 1.58. The number of hydrogen-bond donors (Lipinski definition) is 2. The third kappa shape index (κ3) is 4.97. The topological polar surface area (TPSA) is 110 Å². The Morgan fingerprint density at radius 2 is 1.96 bits per heavy atom. The molecule has 0 saturated heterocycles. The van der Waals surface area contributed by atoms with Crippen molar-refractivity contribution < 1.29 is 14.1 Å². The molecule has 8 heteroatoms. The fourth-order valence-electron chi connectivity index (χ4n) is 2.40. The Balaban J connectivity index is 1.46. The van der Waals surface area contributed by atoms with Gasteiger partial charge >= 0.3 is 0 Å². The number of nitrogens with one attached hydrogen (secondary N) is 2. The lowest BCUT2D eigenvalue weighted by Crippen LogP contribution is -2.23. The van der Waals surface area contributed by atoms with E-state index in [1.807, 2.05) is 18.2 Å². The van der Waals surface area contributed by atoms with Crippen molar-refractivity contribution in [2.75, 3.05) is 7.05 Å². The molecule has 0 atom stereocenters. The van der Waals surface area contributed by atoms with Crippen LogP contribution in [-0.2, 0) is 17.8 Å². The molecule has 0 spiro atoms. The van der Waals surface area contributed by atoms with Gasteiger partial charge in [0.15, 0.2) is 0 Å². The van der Waals surface area contributed by atoms with Crippen molar-refractivity contribution in [3.05, 3.63) is 65.8 Å².